The number of hydrogen-bond donors (Lipinski definition) is 1. The van der Waals surface area contributed by atoms with Crippen LogP contribution in [0.4, 0.5) is 0 Å². The van der Waals surface area contributed by atoms with Gasteiger partial charge in [0, 0.05) is 5.41 Å². The molecule has 0 saturated heterocycles. The Morgan fingerprint density at radius 3 is 1.93 bits per heavy atom. The normalized spacial score (nSPS) is 13.8. The molecule has 15 heavy (non-hydrogen) atoms. The molecule has 0 aliphatic heterocycles. The highest BCUT2D eigenvalue weighted by Gasteiger charge is 2.26. The highest BCUT2D eigenvalue weighted by atomic mass is 16.2. The second-order valence-corrected chi connectivity index (χ2v) is 5.52. The van der Waals surface area contributed by atoms with Gasteiger partial charge in [-0.3, -0.25) is 9.59 Å². The van der Waals surface area contributed by atoms with Crippen molar-refractivity contribution in [1.82, 2.24) is 5.32 Å². The first-order chi connectivity index (χ1) is 6.64. The number of ketones is 1. The van der Waals surface area contributed by atoms with Crippen molar-refractivity contribution in [2.75, 3.05) is 0 Å². The summed E-state index contributed by atoms with van der Waals surface area (Å²) in [6.45, 7) is 11.1. The monoisotopic (exact) mass is 213 g/mol. The smallest absolute Gasteiger partial charge is 0.225 e. The second kappa shape index (κ2) is 5.29. The SMILES string of the molecule is CC(=O)[C@H](CC(C)C)NC(=O)C(C)(C)C. The van der Waals surface area contributed by atoms with E-state index in [9.17, 15) is 9.59 Å². The van der Waals surface area contributed by atoms with Gasteiger partial charge in [0.05, 0.1) is 6.04 Å². The Hall–Kier alpha value is -0.860. The number of Topliss-reactive ketones (excluding diaryl/α,β-unsaturated/α-hetero) is 1. The van der Waals surface area contributed by atoms with Gasteiger partial charge < -0.3 is 5.32 Å². The minimum atomic E-state index is -0.440. The summed E-state index contributed by atoms with van der Waals surface area (Å²) in [5.41, 5.74) is -0.440. The van der Waals surface area contributed by atoms with E-state index < -0.39 is 5.41 Å². The van der Waals surface area contributed by atoms with Crippen molar-refractivity contribution < 1.29 is 9.59 Å². The van der Waals surface area contributed by atoms with E-state index in [1.807, 2.05) is 34.6 Å². The lowest BCUT2D eigenvalue weighted by Gasteiger charge is -2.23. The van der Waals surface area contributed by atoms with Gasteiger partial charge in [-0.1, -0.05) is 34.6 Å². The summed E-state index contributed by atoms with van der Waals surface area (Å²) in [7, 11) is 0. The van der Waals surface area contributed by atoms with Gasteiger partial charge in [-0.25, -0.2) is 0 Å². The minimum absolute atomic E-state index is 0.0290. The van der Waals surface area contributed by atoms with Gasteiger partial charge in [0.2, 0.25) is 5.91 Å². The Labute approximate surface area is 92.6 Å². The third kappa shape index (κ3) is 5.55. The first kappa shape index (κ1) is 14.1. The number of amides is 1. The number of nitrogens with one attached hydrogen (secondary N) is 1. The fraction of sp³-hybridized carbons (Fsp3) is 0.833. The maximum absolute atomic E-state index is 11.7. The summed E-state index contributed by atoms with van der Waals surface area (Å²) in [5.74, 6) is 0.365. The van der Waals surface area contributed by atoms with Crippen LogP contribution in [0.3, 0.4) is 0 Å². The molecule has 0 aromatic carbocycles. The molecule has 1 N–H and O–H groups in total. The maximum atomic E-state index is 11.7. The van der Waals surface area contributed by atoms with Crippen molar-refractivity contribution in [3.05, 3.63) is 0 Å². The number of carbonyl (C=O) groups excluding carboxylic acids is 2. The van der Waals surface area contributed by atoms with Crippen molar-refractivity contribution in [3.8, 4) is 0 Å². The summed E-state index contributed by atoms with van der Waals surface area (Å²) < 4.78 is 0. The van der Waals surface area contributed by atoms with Crippen LogP contribution in [-0.2, 0) is 9.59 Å². The van der Waals surface area contributed by atoms with E-state index in [0.717, 1.165) is 0 Å². The molecule has 0 spiro atoms. The van der Waals surface area contributed by atoms with Crippen molar-refractivity contribution in [2.24, 2.45) is 11.3 Å². The molecule has 0 aromatic rings. The van der Waals surface area contributed by atoms with Gasteiger partial charge in [-0.15, -0.1) is 0 Å². The Balaban J connectivity index is 4.43. The van der Waals surface area contributed by atoms with Gasteiger partial charge >= 0.3 is 0 Å². The average Bonchev–Trinajstić information content (AvgIpc) is 1.99. The zero-order valence-electron chi connectivity index (χ0n) is 10.7. The van der Waals surface area contributed by atoms with Crippen molar-refractivity contribution in [2.45, 2.75) is 54.0 Å². The van der Waals surface area contributed by atoms with Gasteiger partial charge in [0.1, 0.15) is 0 Å². The standard InChI is InChI=1S/C12H23NO2/c1-8(2)7-10(9(3)14)13-11(15)12(4,5)6/h8,10H,7H2,1-6H3,(H,13,15)/t10-/m0/s1. The largest absolute Gasteiger partial charge is 0.346 e. The molecular weight excluding hydrogens is 190 g/mol. The maximum Gasteiger partial charge on any atom is 0.225 e. The number of hydrogen-bond acceptors (Lipinski definition) is 2. The molecule has 0 unspecified atom stereocenters. The molecule has 0 aliphatic rings. The molecule has 88 valence electrons. The molecule has 0 rings (SSSR count). The first-order valence-corrected chi connectivity index (χ1v) is 5.46. The molecule has 0 aromatic heterocycles. The molecule has 1 amide bonds. The zero-order chi connectivity index (χ0) is 12.2. The molecule has 0 bridgehead atoms. The van der Waals surface area contributed by atoms with E-state index in [1.165, 1.54) is 6.92 Å². The molecule has 0 saturated carbocycles. The highest BCUT2D eigenvalue weighted by Crippen LogP contribution is 2.14. The Morgan fingerprint density at radius 2 is 1.67 bits per heavy atom. The third-order valence-electron chi connectivity index (χ3n) is 2.18. The molecule has 0 aliphatic carbocycles. The molecular formula is C12H23NO2. The van der Waals surface area contributed by atoms with Crippen LogP contribution in [0.2, 0.25) is 0 Å². The third-order valence-corrected chi connectivity index (χ3v) is 2.18. The van der Waals surface area contributed by atoms with Crippen LogP contribution in [-0.4, -0.2) is 17.7 Å². The van der Waals surface area contributed by atoms with E-state index in [0.29, 0.717) is 12.3 Å². The summed E-state index contributed by atoms with van der Waals surface area (Å²) in [5, 5.41) is 2.80. The Morgan fingerprint density at radius 1 is 1.20 bits per heavy atom. The van der Waals surface area contributed by atoms with E-state index in [2.05, 4.69) is 5.32 Å². The predicted molar refractivity (Wildman–Crippen MR) is 61.5 cm³/mol. The van der Waals surface area contributed by atoms with E-state index in [-0.39, 0.29) is 17.7 Å². The van der Waals surface area contributed by atoms with Crippen LogP contribution in [0.25, 0.3) is 0 Å². The van der Waals surface area contributed by atoms with Crippen LogP contribution in [0.1, 0.15) is 48.0 Å². The van der Waals surface area contributed by atoms with Gasteiger partial charge in [0.25, 0.3) is 0 Å². The Kier molecular flexibility index (Phi) is 4.98. The summed E-state index contributed by atoms with van der Waals surface area (Å²) in [6, 6.07) is -0.336. The fourth-order valence-corrected chi connectivity index (χ4v) is 1.17. The molecule has 1 atom stereocenters. The molecule has 3 nitrogen and oxygen atoms in total. The number of rotatable bonds is 4. The lowest BCUT2D eigenvalue weighted by molar-refractivity contribution is -0.132. The summed E-state index contributed by atoms with van der Waals surface area (Å²) >= 11 is 0. The number of carbonyl (C=O) groups is 2. The first-order valence-electron chi connectivity index (χ1n) is 5.46. The van der Waals surface area contributed by atoms with Crippen molar-refractivity contribution >= 4 is 11.7 Å². The predicted octanol–water partition coefficient (Wildman–Crippen LogP) is 2.15. The van der Waals surface area contributed by atoms with E-state index >= 15 is 0 Å². The second-order valence-electron chi connectivity index (χ2n) is 5.52. The van der Waals surface area contributed by atoms with Gasteiger partial charge in [0.15, 0.2) is 5.78 Å². The van der Waals surface area contributed by atoms with Crippen LogP contribution >= 0.6 is 0 Å². The Bertz CT molecular complexity index is 238. The molecule has 3 heteroatoms. The minimum Gasteiger partial charge on any atom is -0.346 e. The molecule has 0 heterocycles. The molecule has 0 fully saturated rings. The summed E-state index contributed by atoms with van der Waals surface area (Å²) in [6.07, 6.45) is 0.706. The lowest BCUT2D eigenvalue weighted by Crippen LogP contribution is -2.45. The van der Waals surface area contributed by atoms with Gasteiger partial charge in [-0.2, -0.15) is 0 Å². The summed E-state index contributed by atoms with van der Waals surface area (Å²) in [4.78, 5) is 23.0. The van der Waals surface area contributed by atoms with Gasteiger partial charge in [-0.05, 0) is 19.3 Å². The average molecular weight is 213 g/mol. The van der Waals surface area contributed by atoms with Crippen LogP contribution in [0, 0.1) is 11.3 Å². The molecule has 0 radical (unpaired) electrons. The fourth-order valence-electron chi connectivity index (χ4n) is 1.17. The zero-order valence-corrected chi connectivity index (χ0v) is 10.7. The van der Waals surface area contributed by atoms with E-state index in [1.54, 1.807) is 0 Å². The quantitative estimate of drug-likeness (QED) is 0.777. The van der Waals surface area contributed by atoms with Crippen LogP contribution < -0.4 is 5.32 Å². The van der Waals surface area contributed by atoms with Crippen molar-refractivity contribution in [1.29, 1.82) is 0 Å². The van der Waals surface area contributed by atoms with Crippen molar-refractivity contribution in [3.63, 3.8) is 0 Å². The van der Waals surface area contributed by atoms with Crippen LogP contribution in [0.5, 0.6) is 0 Å². The lowest BCUT2D eigenvalue weighted by atomic mass is 9.93. The van der Waals surface area contributed by atoms with E-state index in [4.69, 9.17) is 0 Å². The van der Waals surface area contributed by atoms with Crippen LogP contribution in [0.15, 0.2) is 0 Å². The topological polar surface area (TPSA) is 46.2 Å². The highest BCUT2D eigenvalue weighted by molar-refractivity contribution is 5.89.